The van der Waals surface area contributed by atoms with E-state index >= 15 is 0 Å². The van der Waals surface area contributed by atoms with Crippen LogP contribution in [0.3, 0.4) is 0 Å². The van der Waals surface area contributed by atoms with Crippen LogP contribution in [0.25, 0.3) is 0 Å². The molecule has 1 aliphatic carbocycles. The molecule has 0 N–H and O–H groups in total. The molecular formula is C15H25F2NO4. The molecule has 5 nitrogen and oxygen atoms in total. The van der Waals surface area contributed by atoms with Crippen LogP contribution < -0.4 is 0 Å². The lowest BCUT2D eigenvalue weighted by Gasteiger charge is -2.39. The fourth-order valence-electron chi connectivity index (χ4n) is 2.53. The molecule has 1 saturated carbocycles. The van der Waals surface area contributed by atoms with Crippen molar-refractivity contribution in [1.82, 2.24) is 4.90 Å². The zero-order valence-electron chi connectivity index (χ0n) is 13.8. The average molecular weight is 321 g/mol. The third-order valence-electron chi connectivity index (χ3n) is 3.64. The maximum atomic E-state index is 13.3. The largest absolute Gasteiger partial charge is 0.467 e. The summed E-state index contributed by atoms with van der Waals surface area (Å²) in [5.41, 5.74) is -0.732. The van der Waals surface area contributed by atoms with Crippen LogP contribution in [-0.2, 0) is 14.3 Å². The van der Waals surface area contributed by atoms with Gasteiger partial charge in [-0.15, -0.1) is 0 Å². The average Bonchev–Trinajstić information content (AvgIpc) is 2.37. The van der Waals surface area contributed by atoms with E-state index in [0.717, 1.165) is 0 Å². The summed E-state index contributed by atoms with van der Waals surface area (Å²) in [6.45, 7) is 6.64. The molecule has 0 bridgehead atoms. The highest BCUT2D eigenvalue weighted by atomic mass is 19.3. The Bertz CT molecular complexity index is 410. The van der Waals surface area contributed by atoms with E-state index in [1.807, 2.05) is 0 Å². The van der Waals surface area contributed by atoms with Crippen LogP contribution in [-0.4, -0.2) is 47.7 Å². The summed E-state index contributed by atoms with van der Waals surface area (Å²) in [7, 11) is 1.22. The highest BCUT2D eigenvalue weighted by Gasteiger charge is 2.42. The fraction of sp³-hybridized carbons (Fsp3) is 0.867. The summed E-state index contributed by atoms with van der Waals surface area (Å²) in [4.78, 5) is 25.4. The minimum atomic E-state index is -2.70. The van der Waals surface area contributed by atoms with Crippen molar-refractivity contribution in [2.45, 2.75) is 77.0 Å². The van der Waals surface area contributed by atoms with Gasteiger partial charge >= 0.3 is 12.1 Å². The van der Waals surface area contributed by atoms with Crippen LogP contribution in [0.1, 0.15) is 53.4 Å². The van der Waals surface area contributed by atoms with Gasteiger partial charge < -0.3 is 9.47 Å². The van der Waals surface area contributed by atoms with E-state index in [2.05, 4.69) is 4.74 Å². The second-order valence-corrected chi connectivity index (χ2v) is 6.67. The van der Waals surface area contributed by atoms with Gasteiger partial charge in [0.25, 0.3) is 0 Å². The first kappa shape index (κ1) is 18.6. The number of amides is 1. The Morgan fingerprint density at radius 3 is 2.14 bits per heavy atom. The number of hydrogen-bond donors (Lipinski definition) is 0. The van der Waals surface area contributed by atoms with Gasteiger partial charge in [0.2, 0.25) is 5.92 Å². The van der Waals surface area contributed by atoms with E-state index in [4.69, 9.17) is 4.74 Å². The minimum Gasteiger partial charge on any atom is -0.467 e. The fourth-order valence-corrected chi connectivity index (χ4v) is 2.53. The third kappa shape index (κ3) is 5.10. The van der Waals surface area contributed by atoms with Crippen LogP contribution in [0.5, 0.6) is 0 Å². The molecule has 0 radical (unpaired) electrons. The van der Waals surface area contributed by atoms with Crippen molar-refractivity contribution in [3.63, 3.8) is 0 Å². The SMILES string of the molecule is COC(=O)[C@H](C)N(C(=O)OC(C)(C)C)C1CCC(F)(F)CC1. The second kappa shape index (κ2) is 6.79. The monoisotopic (exact) mass is 321 g/mol. The molecular weight excluding hydrogens is 296 g/mol. The second-order valence-electron chi connectivity index (χ2n) is 6.67. The van der Waals surface area contributed by atoms with Crippen LogP contribution in [0.4, 0.5) is 13.6 Å². The van der Waals surface area contributed by atoms with Crippen molar-refractivity contribution in [3.8, 4) is 0 Å². The number of methoxy groups -OCH3 is 1. The van der Waals surface area contributed by atoms with E-state index in [9.17, 15) is 18.4 Å². The number of halogens is 2. The van der Waals surface area contributed by atoms with E-state index in [0.29, 0.717) is 0 Å². The molecule has 22 heavy (non-hydrogen) atoms. The van der Waals surface area contributed by atoms with E-state index < -0.39 is 35.7 Å². The van der Waals surface area contributed by atoms with Gasteiger partial charge in [0.15, 0.2) is 0 Å². The lowest BCUT2D eigenvalue weighted by molar-refractivity contribution is -0.148. The normalized spacial score (nSPS) is 20.1. The molecule has 7 heteroatoms. The first-order valence-electron chi connectivity index (χ1n) is 7.44. The van der Waals surface area contributed by atoms with Gasteiger partial charge in [-0.25, -0.2) is 18.4 Å². The van der Waals surface area contributed by atoms with Crippen molar-refractivity contribution in [3.05, 3.63) is 0 Å². The van der Waals surface area contributed by atoms with Gasteiger partial charge in [0, 0.05) is 18.9 Å². The van der Waals surface area contributed by atoms with Crippen molar-refractivity contribution in [2.75, 3.05) is 7.11 Å². The molecule has 1 amide bonds. The Balaban J connectivity index is 2.92. The van der Waals surface area contributed by atoms with Crippen LogP contribution in [0.15, 0.2) is 0 Å². The molecule has 0 unspecified atom stereocenters. The quantitative estimate of drug-likeness (QED) is 0.748. The van der Waals surface area contributed by atoms with Crippen LogP contribution >= 0.6 is 0 Å². The highest BCUT2D eigenvalue weighted by Crippen LogP contribution is 2.36. The van der Waals surface area contributed by atoms with Crippen molar-refractivity contribution >= 4 is 12.1 Å². The molecule has 1 aliphatic rings. The molecule has 0 aliphatic heterocycles. The van der Waals surface area contributed by atoms with Gasteiger partial charge in [-0.1, -0.05) is 0 Å². The summed E-state index contributed by atoms with van der Waals surface area (Å²) in [6.07, 6.45) is -1.02. The Morgan fingerprint density at radius 2 is 1.73 bits per heavy atom. The Morgan fingerprint density at radius 1 is 1.23 bits per heavy atom. The van der Waals surface area contributed by atoms with E-state index in [1.165, 1.54) is 18.9 Å². The number of hydrogen-bond acceptors (Lipinski definition) is 4. The van der Waals surface area contributed by atoms with Gasteiger partial charge in [0.05, 0.1) is 7.11 Å². The number of rotatable bonds is 3. The predicted molar refractivity (Wildman–Crippen MR) is 76.8 cm³/mol. The number of carbonyl (C=O) groups is 2. The number of nitrogens with zero attached hydrogens (tertiary/aromatic N) is 1. The summed E-state index contributed by atoms with van der Waals surface area (Å²) in [6, 6.07) is -1.33. The summed E-state index contributed by atoms with van der Waals surface area (Å²) in [5, 5.41) is 0. The third-order valence-corrected chi connectivity index (χ3v) is 3.64. The predicted octanol–water partition coefficient (Wildman–Crippen LogP) is 3.36. The molecule has 1 rings (SSSR count). The first-order chi connectivity index (χ1) is 9.97. The Labute approximate surface area is 129 Å². The smallest absolute Gasteiger partial charge is 0.411 e. The Kier molecular flexibility index (Phi) is 5.76. The molecule has 1 atom stereocenters. The maximum absolute atomic E-state index is 13.3. The zero-order valence-corrected chi connectivity index (χ0v) is 13.8. The first-order valence-corrected chi connectivity index (χ1v) is 7.44. The molecule has 1 fully saturated rings. The number of esters is 1. The molecule has 0 aromatic carbocycles. The van der Waals surface area contributed by atoms with E-state index in [-0.39, 0.29) is 25.7 Å². The number of ether oxygens (including phenoxy) is 2. The van der Waals surface area contributed by atoms with Crippen LogP contribution in [0, 0.1) is 0 Å². The summed E-state index contributed by atoms with van der Waals surface area (Å²) >= 11 is 0. The summed E-state index contributed by atoms with van der Waals surface area (Å²) < 4.78 is 36.6. The maximum Gasteiger partial charge on any atom is 0.411 e. The van der Waals surface area contributed by atoms with Gasteiger partial charge in [0.1, 0.15) is 11.6 Å². The zero-order chi connectivity index (χ0) is 17.1. The minimum absolute atomic E-state index is 0.133. The topological polar surface area (TPSA) is 55.8 Å². The lowest BCUT2D eigenvalue weighted by Crippen LogP contribution is -2.53. The number of carbonyl (C=O) groups excluding carboxylic acids is 2. The van der Waals surface area contributed by atoms with Crippen molar-refractivity contribution in [2.24, 2.45) is 0 Å². The van der Waals surface area contributed by atoms with Crippen LogP contribution in [0.2, 0.25) is 0 Å². The summed E-state index contributed by atoms with van der Waals surface area (Å²) in [5.74, 6) is -3.30. The number of alkyl halides is 2. The van der Waals surface area contributed by atoms with Gasteiger partial charge in [-0.05, 0) is 40.5 Å². The molecule has 0 heterocycles. The van der Waals surface area contributed by atoms with E-state index in [1.54, 1.807) is 20.8 Å². The molecule has 0 spiro atoms. The van der Waals surface area contributed by atoms with Crippen molar-refractivity contribution in [1.29, 1.82) is 0 Å². The van der Waals surface area contributed by atoms with Gasteiger partial charge in [-0.2, -0.15) is 0 Å². The lowest BCUT2D eigenvalue weighted by atomic mass is 9.90. The molecule has 0 aromatic heterocycles. The standard InChI is InChI=1S/C15H25F2NO4/c1-10(12(19)21-5)18(13(20)22-14(2,3)4)11-6-8-15(16,17)9-7-11/h10-11H,6-9H2,1-5H3/t10-/m0/s1. The van der Waals surface area contributed by atoms with Crippen molar-refractivity contribution < 1.29 is 27.8 Å². The molecule has 128 valence electrons. The van der Waals surface area contributed by atoms with Gasteiger partial charge in [-0.3, -0.25) is 4.90 Å². The Hall–Kier alpha value is -1.40. The highest BCUT2D eigenvalue weighted by molar-refractivity contribution is 5.81. The molecule has 0 aromatic rings. The molecule has 0 saturated heterocycles.